The van der Waals surface area contributed by atoms with Gasteiger partial charge in [0.05, 0.1) is 38.4 Å². The van der Waals surface area contributed by atoms with Crippen LogP contribution in [-0.2, 0) is 14.2 Å². The maximum absolute atomic E-state index is 14.2. The Morgan fingerprint density at radius 1 is 0.489 bits per heavy atom. The van der Waals surface area contributed by atoms with E-state index in [0.29, 0.717) is 16.7 Å². The third-order valence-corrected chi connectivity index (χ3v) is 6.79. The molecule has 0 bridgehead atoms. The molecule has 0 radical (unpaired) electrons. The molecule has 0 saturated carbocycles. The van der Waals surface area contributed by atoms with Crippen molar-refractivity contribution in [3.63, 3.8) is 0 Å². The van der Waals surface area contributed by atoms with Gasteiger partial charge >= 0.3 is 35.3 Å². The van der Waals surface area contributed by atoms with Crippen LogP contribution < -0.4 is 33.0 Å². The fourth-order valence-corrected chi connectivity index (χ4v) is 4.45. The quantitative estimate of drug-likeness (QED) is 0.272. The van der Waals surface area contributed by atoms with Gasteiger partial charge in [-0.05, 0) is 73.9 Å². The number of anilines is 3. The summed E-state index contributed by atoms with van der Waals surface area (Å²) in [6, 6.07) is 13.5. The third-order valence-electron chi connectivity index (χ3n) is 6.79. The normalized spacial score (nSPS) is 10.5. The molecule has 4 rings (SSSR count). The Hall–Kier alpha value is -6.12. The molecule has 234 valence electrons. The molecule has 0 unspecified atom stereocenters. The molecular formula is C30H30N6O9. The van der Waals surface area contributed by atoms with Crippen LogP contribution in [-0.4, -0.2) is 53.3 Å². The van der Waals surface area contributed by atoms with Gasteiger partial charge in [0.15, 0.2) is 0 Å². The lowest BCUT2D eigenvalue weighted by atomic mass is 10.1. The van der Waals surface area contributed by atoms with Gasteiger partial charge in [-0.15, -0.1) is 0 Å². The lowest BCUT2D eigenvalue weighted by molar-refractivity contribution is 0.186. The first kappa shape index (κ1) is 31.8. The molecule has 0 aliphatic rings. The van der Waals surface area contributed by atoms with E-state index in [9.17, 15) is 28.8 Å². The molecule has 0 aliphatic heterocycles. The van der Waals surface area contributed by atoms with E-state index in [1.165, 1.54) is 39.5 Å². The van der Waals surface area contributed by atoms with Crippen LogP contribution in [0, 0.1) is 20.8 Å². The summed E-state index contributed by atoms with van der Waals surface area (Å²) >= 11 is 0. The van der Waals surface area contributed by atoms with E-state index in [2.05, 4.69) is 30.2 Å². The molecule has 15 nitrogen and oxygen atoms in total. The SMILES string of the molecule is COC(=O)Nc1ccc(C)c(-n2c(=O)n(-c3cc(NC(=O)OC)ccc3C)c(=O)n(-c3cc(NC(=O)OC)ccc3C)c2=O)c1. The van der Waals surface area contributed by atoms with Crippen molar-refractivity contribution in [3.8, 4) is 17.1 Å². The van der Waals surface area contributed by atoms with Crippen LogP contribution in [0.4, 0.5) is 31.4 Å². The summed E-state index contributed by atoms with van der Waals surface area (Å²) in [6.45, 7) is 4.92. The van der Waals surface area contributed by atoms with Crippen LogP contribution in [0.5, 0.6) is 0 Å². The van der Waals surface area contributed by atoms with E-state index >= 15 is 0 Å². The highest BCUT2D eigenvalue weighted by molar-refractivity contribution is 5.86. The molecule has 0 saturated heterocycles. The van der Waals surface area contributed by atoms with Gasteiger partial charge in [-0.3, -0.25) is 16.0 Å². The van der Waals surface area contributed by atoms with Crippen molar-refractivity contribution in [2.75, 3.05) is 37.3 Å². The highest BCUT2D eigenvalue weighted by Gasteiger charge is 2.23. The fourth-order valence-electron chi connectivity index (χ4n) is 4.45. The van der Waals surface area contributed by atoms with Crippen molar-refractivity contribution >= 4 is 35.3 Å². The summed E-state index contributed by atoms with van der Waals surface area (Å²) in [7, 11) is 3.54. The molecule has 0 aliphatic carbocycles. The standard InChI is InChI=1S/C30H30N6O9/c1-16-7-10-19(31-25(37)43-4)13-22(16)34-28(40)35(23-14-20(11-8-17(23)2)32-26(38)44-5)30(42)36(29(34)41)24-15-21(12-9-18(24)3)33-27(39)45-6/h7-15H,1-6H3,(H,31,37)(H,32,38)(H,33,39). The van der Waals surface area contributed by atoms with Crippen molar-refractivity contribution in [2.24, 2.45) is 0 Å². The summed E-state index contributed by atoms with van der Waals surface area (Å²) in [6.07, 6.45) is -2.35. The lowest BCUT2D eigenvalue weighted by Gasteiger charge is -2.19. The van der Waals surface area contributed by atoms with Crippen molar-refractivity contribution in [1.82, 2.24) is 13.7 Å². The minimum absolute atomic E-state index is 0.0596. The zero-order valence-electron chi connectivity index (χ0n) is 25.2. The molecular weight excluding hydrogens is 588 g/mol. The average molecular weight is 619 g/mol. The van der Waals surface area contributed by atoms with Gasteiger partial charge in [-0.25, -0.2) is 42.5 Å². The highest BCUT2D eigenvalue weighted by Crippen LogP contribution is 2.22. The molecule has 1 heterocycles. The van der Waals surface area contributed by atoms with Crippen molar-refractivity contribution in [2.45, 2.75) is 20.8 Å². The van der Waals surface area contributed by atoms with Crippen molar-refractivity contribution < 1.29 is 28.6 Å². The van der Waals surface area contributed by atoms with E-state index in [0.717, 1.165) is 13.7 Å². The molecule has 1 aromatic heterocycles. The number of carbonyl (C=O) groups is 3. The predicted molar refractivity (Wildman–Crippen MR) is 166 cm³/mol. The number of methoxy groups -OCH3 is 3. The highest BCUT2D eigenvalue weighted by atomic mass is 16.5. The summed E-state index contributed by atoms with van der Waals surface area (Å²) in [4.78, 5) is 78.4. The Morgan fingerprint density at radius 3 is 0.956 bits per heavy atom. The van der Waals surface area contributed by atoms with E-state index in [1.54, 1.807) is 57.2 Å². The van der Waals surface area contributed by atoms with E-state index in [4.69, 9.17) is 0 Å². The molecule has 0 fully saturated rings. The molecule has 3 N–H and O–H groups in total. The predicted octanol–water partition coefficient (Wildman–Crippen LogP) is 3.60. The van der Waals surface area contributed by atoms with Crippen LogP contribution in [0.25, 0.3) is 17.1 Å². The molecule has 4 aromatic rings. The van der Waals surface area contributed by atoms with Crippen molar-refractivity contribution in [1.29, 1.82) is 0 Å². The molecule has 3 amide bonds. The smallest absolute Gasteiger partial charge is 0.411 e. The van der Waals surface area contributed by atoms with Gasteiger partial charge in [-0.2, -0.15) is 0 Å². The minimum Gasteiger partial charge on any atom is -0.453 e. The Balaban J connectivity index is 2.13. The number of nitrogens with zero attached hydrogens (tertiary/aromatic N) is 3. The monoisotopic (exact) mass is 618 g/mol. The average Bonchev–Trinajstić information content (AvgIpc) is 3.01. The number of carbonyl (C=O) groups excluding carboxylic acids is 3. The van der Waals surface area contributed by atoms with Gasteiger partial charge in [-0.1, -0.05) is 18.2 Å². The van der Waals surface area contributed by atoms with Gasteiger partial charge < -0.3 is 14.2 Å². The van der Waals surface area contributed by atoms with Crippen LogP contribution in [0.15, 0.2) is 69.0 Å². The van der Waals surface area contributed by atoms with Crippen LogP contribution >= 0.6 is 0 Å². The Labute approximate surface area is 255 Å². The molecule has 45 heavy (non-hydrogen) atoms. The molecule has 0 atom stereocenters. The van der Waals surface area contributed by atoms with Crippen LogP contribution in [0.1, 0.15) is 16.7 Å². The number of hydrogen-bond acceptors (Lipinski definition) is 9. The Bertz CT molecular complexity index is 1750. The maximum atomic E-state index is 14.2. The summed E-state index contributed by atoms with van der Waals surface area (Å²) < 4.78 is 16.3. The van der Waals surface area contributed by atoms with Gasteiger partial charge in [0.2, 0.25) is 0 Å². The number of amides is 3. The third kappa shape index (κ3) is 6.46. The first-order chi connectivity index (χ1) is 21.4. The lowest BCUT2D eigenvalue weighted by Crippen LogP contribution is -2.53. The Kier molecular flexibility index (Phi) is 9.21. The number of nitrogens with one attached hydrogen (secondary N) is 3. The van der Waals surface area contributed by atoms with Crippen LogP contribution in [0.2, 0.25) is 0 Å². The maximum Gasteiger partial charge on any atom is 0.411 e. The number of benzene rings is 3. The zero-order chi connectivity index (χ0) is 33.0. The Morgan fingerprint density at radius 2 is 0.733 bits per heavy atom. The summed E-state index contributed by atoms with van der Waals surface area (Å²) in [5.41, 5.74) is -0.917. The summed E-state index contributed by atoms with van der Waals surface area (Å²) in [5, 5.41) is 7.48. The van der Waals surface area contributed by atoms with E-state index in [-0.39, 0.29) is 34.1 Å². The van der Waals surface area contributed by atoms with Crippen molar-refractivity contribution in [3.05, 3.63) is 103 Å². The first-order valence-electron chi connectivity index (χ1n) is 13.3. The number of aryl methyl sites for hydroxylation is 3. The van der Waals surface area contributed by atoms with E-state index < -0.39 is 35.3 Å². The van der Waals surface area contributed by atoms with Crippen LogP contribution in [0.3, 0.4) is 0 Å². The molecule has 0 spiro atoms. The number of hydrogen-bond donors (Lipinski definition) is 3. The number of aromatic nitrogens is 3. The summed E-state index contributed by atoms with van der Waals surface area (Å²) in [5.74, 6) is 0. The van der Waals surface area contributed by atoms with Gasteiger partial charge in [0, 0.05) is 17.1 Å². The minimum atomic E-state index is -1.03. The molecule has 15 heteroatoms. The number of ether oxygens (including phenoxy) is 3. The second-order valence-corrected chi connectivity index (χ2v) is 9.71. The second-order valence-electron chi connectivity index (χ2n) is 9.71. The van der Waals surface area contributed by atoms with Gasteiger partial charge in [0.1, 0.15) is 0 Å². The largest absolute Gasteiger partial charge is 0.453 e. The number of rotatable bonds is 6. The van der Waals surface area contributed by atoms with E-state index in [1.807, 2.05) is 0 Å². The topological polar surface area (TPSA) is 181 Å². The zero-order valence-corrected chi connectivity index (χ0v) is 25.2. The fraction of sp³-hybridized carbons (Fsp3) is 0.200. The first-order valence-corrected chi connectivity index (χ1v) is 13.3. The molecule has 3 aromatic carbocycles. The van der Waals surface area contributed by atoms with Gasteiger partial charge in [0.25, 0.3) is 0 Å². The second kappa shape index (κ2) is 13.0.